The van der Waals surface area contributed by atoms with Gasteiger partial charge in [0.15, 0.2) is 5.82 Å². The van der Waals surface area contributed by atoms with Crippen molar-refractivity contribution in [1.82, 2.24) is 18.8 Å². The molecule has 0 saturated carbocycles. The molecule has 0 N–H and O–H groups in total. The SMILES string of the molecule is Cc1ccc(S(=O)(=O)n2cc(C)c3c(-c4nc5c(c(N6CCN(C(=O)OC(C)(C)C)C[C@H]6C)n4)CN(c4cc(C(C)C)ccc4C)CC5)cccc32)cc1. The monoisotopic (exact) mass is 748 g/mol. The number of carbonyl (C=O) groups excluding carboxylic acids is 1. The Morgan fingerprint density at radius 2 is 1.67 bits per heavy atom. The number of nitrogens with zero attached hydrogens (tertiary/aromatic N) is 6. The molecule has 1 atom stereocenters. The van der Waals surface area contributed by atoms with Crippen molar-refractivity contribution in [3.63, 3.8) is 0 Å². The first-order chi connectivity index (χ1) is 25.5. The van der Waals surface area contributed by atoms with E-state index in [4.69, 9.17) is 14.7 Å². The van der Waals surface area contributed by atoms with Gasteiger partial charge in [-0.2, -0.15) is 0 Å². The third-order valence-corrected chi connectivity index (χ3v) is 12.3. The number of hydrogen-bond donors (Lipinski definition) is 0. The summed E-state index contributed by atoms with van der Waals surface area (Å²) in [5.74, 6) is 1.84. The maximum atomic E-state index is 14.0. The summed E-state index contributed by atoms with van der Waals surface area (Å²) < 4.78 is 35.1. The minimum atomic E-state index is -3.86. The van der Waals surface area contributed by atoms with Gasteiger partial charge in [0.1, 0.15) is 11.4 Å². The first kappa shape index (κ1) is 37.4. The number of hydrogen-bond acceptors (Lipinski definition) is 8. The lowest BCUT2D eigenvalue weighted by molar-refractivity contribution is 0.0218. The molecule has 2 aromatic heterocycles. The zero-order valence-electron chi connectivity index (χ0n) is 33.0. The van der Waals surface area contributed by atoms with Crippen LogP contribution in [0.25, 0.3) is 22.3 Å². The van der Waals surface area contributed by atoms with Gasteiger partial charge in [0.2, 0.25) is 0 Å². The van der Waals surface area contributed by atoms with Crippen molar-refractivity contribution in [1.29, 1.82) is 0 Å². The minimum absolute atomic E-state index is 0.0437. The number of anilines is 2. The van der Waals surface area contributed by atoms with Gasteiger partial charge in [-0.3, -0.25) is 0 Å². The van der Waals surface area contributed by atoms with Crippen molar-refractivity contribution in [3.05, 3.63) is 100 Å². The fraction of sp³-hybridized carbons (Fsp3) is 0.419. The van der Waals surface area contributed by atoms with Gasteiger partial charge in [-0.25, -0.2) is 27.2 Å². The van der Waals surface area contributed by atoms with Gasteiger partial charge in [-0.15, -0.1) is 0 Å². The first-order valence-electron chi connectivity index (χ1n) is 18.9. The lowest BCUT2D eigenvalue weighted by Crippen LogP contribution is -2.55. The quantitative estimate of drug-likeness (QED) is 0.171. The summed E-state index contributed by atoms with van der Waals surface area (Å²) in [5, 5.41) is 0.806. The highest BCUT2D eigenvalue weighted by atomic mass is 32.2. The van der Waals surface area contributed by atoms with E-state index in [1.54, 1.807) is 23.2 Å². The predicted molar refractivity (Wildman–Crippen MR) is 216 cm³/mol. The van der Waals surface area contributed by atoms with Gasteiger partial charge in [-0.05, 0) is 95.3 Å². The lowest BCUT2D eigenvalue weighted by atomic mass is 9.97. The first-order valence-corrected chi connectivity index (χ1v) is 20.4. The number of benzene rings is 3. The van der Waals surface area contributed by atoms with Crippen LogP contribution in [0.5, 0.6) is 0 Å². The second kappa shape index (κ2) is 14.1. The van der Waals surface area contributed by atoms with E-state index in [1.165, 1.54) is 20.8 Å². The number of aryl methyl sites for hydroxylation is 3. The zero-order valence-corrected chi connectivity index (χ0v) is 33.8. The highest BCUT2D eigenvalue weighted by Crippen LogP contribution is 2.38. The molecule has 3 aromatic carbocycles. The number of ether oxygens (including phenoxy) is 1. The highest BCUT2D eigenvalue weighted by Gasteiger charge is 2.34. The average molecular weight is 749 g/mol. The molecule has 4 heterocycles. The van der Waals surface area contributed by atoms with Crippen molar-refractivity contribution in [3.8, 4) is 11.4 Å². The van der Waals surface area contributed by atoms with Crippen molar-refractivity contribution >= 4 is 38.5 Å². The predicted octanol–water partition coefficient (Wildman–Crippen LogP) is 8.39. The molecule has 1 fully saturated rings. The molecule has 0 unspecified atom stereocenters. The maximum Gasteiger partial charge on any atom is 0.410 e. The molecular formula is C43H52N6O4S. The number of aromatic nitrogens is 3. The van der Waals surface area contributed by atoms with E-state index in [1.807, 2.05) is 65.0 Å². The van der Waals surface area contributed by atoms with E-state index < -0.39 is 15.6 Å². The summed E-state index contributed by atoms with van der Waals surface area (Å²) in [4.78, 5) is 30.6. The normalized spacial score (nSPS) is 16.6. The summed E-state index contributed by atoms with van der Waals surface area (Å²) in [6.07, 6.45) is 2.12. The Hall–Kier alpha value is -4.90. The fourth-order valence-electron chi connectivity index (χ4n) is 7.71. The highest BCUT2D eigenvalue weighted by molar-refractivity contribution is 7.90. The Labute approximate surface area is 319 Å². The maximum absolute atomic E-state index is 14.0. The van der Waals surface area contributed by atoms with E-state index in [2.05, 4.69) is 55.7 Å². The molecule has 54 heavy (non-hydrogen) atoms. The second-order valence-corrected chi connectivity index (χ2v) is 18.1. The number of amides is 1. The minimum Gasteiger partial charge on any atom is -0.444 e. The fourth-order valence-corrected chi connectivity index (χ4v) is 9.12. The molecule has 11 heteroatoms. The molecule has 5 aromatic rings. The standard InChI is InChI=1S/C43H52N6O4S/c1-27(2)32-16-15-29(4)38(23-32)46-20-19-36-35(26-46)41(48-22-21-47(25-31(48)6)42(50)53-43(7,8)9)45-40(44-36)34-11-10-12-37-39(34)30(5)24-49(37)54(51,52)33-17-13-28(3)14-18-33/h10-18,23-24,27,31H,19-22,25-26H2,1-9H3/t31-/m1/s1. The Kier molecular flexibility index (Phi) is 9.75. The van der Waals surface area contributed by atoms with Crippen LogP contribution >= 0.6 is 0 Å². The van der Waals surface area contributed by atoms with Gasteiger partial charge < -0.3 is 19.4 Å². The smallest absolute Gasteiger partial charge is 0.410 e. The Morgan fingerprint density at radius 1 is 0.926 bits per heavy atom. The van der Waals surface area contributed by atoms with E-state index in [0.717, 1.165) is 52.1 Å². The van der Waals surface area contributed by atoms with Crippen LogP contribution in [0.2, 0.25) is 0 Å². The van der Waals surface area contributed by atoms with E-state index in [0.29, 0.717) is 43.4 Å². The molecule has 0 bridgehead atoms. The molecule has 2 aliphatic heterocycles. The molecule has 7 rings (SSSR count). The van der Waals surface area contributed by atoms with Crippen LogP contribution in [0, 0.1) is 20.8 Å². The van der Waals surface area contributed by atoms with Crippen molar-refractivity contribution in [2.24, 2.45) is 0 Å². The molecule has 1 amide bonds. The molecular weight excluding hydrogens is 697 g/mol. The van der Waals surface area contributed by atoms with Crippen molar-refractivity contribution in [2.45, 2.75) is 97.7 Å². The third kappa shape index (κ3) is 7.06. The van der Waals surface area contributed by atoms with Gasteiger partial charge >= 0.3 is 6.09 Å². The van der Waals surface area contributed by atoms with E-state index in [9.17, 15) is 13.2 Å². The van der Waals surface area contributed by atoms with Crippen molar-refractivity contribution in [2.75, 3.05) is 36.0 Å². The average Bonchev–Trinajstić information content (AvgIpc) is 3.47. The Morgan fingerprint density at radius 3 is 2.35 bits per heavy atom. The molecule has 1 saturated heterocycles. The number of piperazine rings is 1. The van der Waals surface area contributed by atoms with Crippen molar-refractivity contribution < 1.29 is 17.9 Å². The summed E-state index contributed by atoms with van der Waals surface area (Å²) in [6.45, 7) is 21.3. The summed E-state index contributed by atoms with van der Waals surface area (Å²) in [7, 11) is -3.86. The topological polar surface area (TPSA) is 101 Å². The Balaban J connectivity index is 1.33. The summed E-state index contributed by atoms with van der Waals surface area (Å²) in [5.41, 5.74) is 8.44. The number of fused-ring (bicyclic) bond motifs is 2. The van der Waals surface area contributed by atoms with Crippen LogP contribution in [0.1, 0.15) is 81.0 Å². The van der Waals surface area contributed by atoms with Gasteiger partial charge in [0.25, 0.3) is 10.0 Å². The number of carbonyl (C=O) groups is 1. The largest absolute Gasteiger partial charge is 0.444 e. The molecule has 0 radical (unpaired) electrons. The van der Waals surface area contributed by atoms with Gasteiger partial charge in [0, 0.05) is 73.6 Å². The Bertz CT molecular complexity index is 2340. The van der Waals surface area contributed by atoms with Crippen LogP contribution in [0.3, 0.4) is 0 Å². The van der Waals surface area contributed by atoms with E-state index >= 15 is 0 Å². The molecule has 10 nitrogen and oxygen atoms in total. The van der Waals surface area contributed by atoms with Crippen LogP contribution in [0.4, 0.5) is 16.3 Å². The number of rotatable bonds is 6. The van der Waals surface area contributed by atoms with Gasteiger partial charge in [0.05, 0.1) is 16.1 Å². The van der Waals surface area contributed by atoms with Gasteiger partial charge in [-0.1, -0.05) is 55.8 Å². The van der Waals surface area contributed by atoms with Crippen LogP contribution in [0.15, 0.2) is 71.8 Å². The summed E-state index contributed by atoms with van der Waals surface area (Å²) in [6, 6.07) is 19.4. The second-order valence-electron chi connectivity index (χ2n) is 16.3. The molecule has 284 valence electrons. The third-order valence-electron chi connectivity index (χ3n) is 10.6. The van der Waals surface area contributed by atoms with Crippen LogP contribution in [-0.2, 0) is 27.7 Å². The van der Waals surface area contributed by atoms with Crippen LogP contribution < -0.4 is 9.80 Å². The molecule has 2 aliphatic rings. The molecule has 0 spiro atoms. The van der Waals surface area contributed by atoms with E-state index in [-0.39, 0.29) is 17.0 Å². The van der Waals surface area contributed by atoms with Crippen LogP contribution in [-0.4, -0.2) is 71.2 Å². The summed E-state index contributed by atoms with van der Waals surface area (Å²) >= 11 is 0. The molecule has 0 aliphatic carbocycles. The lowest BCUT2D eigenvalue weighted by Gasteiger charge is -2.42. The zero-order chi connectivity index (χ0) is 38.7.